The second-order valence-corrected chi connectivity index (χ2v) is 9.65. The molecule has 3 aliphatic carbocycles. The van der Waals surface area contributed by atoms with E-state index in [2.05, 4.69) is 38.0 Å². The largest absolute Gasteiger partial charge is 0.294 e. The Kier molecular flexibility index (Phi) is 3.53. The summed E-state index contributed by atoms with van der Waals surface area (Å²) in [7, 11) is 0. The zero-order chi connectivity index (χ0) is 19.7. The third kappa shape index (κ3) is 2.42. The molecule has 1 aromatic heterocycles. The number of ketones is 1. The fourth-order valence-electron chi connectivity index (χ4n) is 5.49. The SMILES string of the molecule is CC1(C)CC(=O)C2=C(Cc3[nH]nc(C4CC4)c3C2(C)c2cccc(C#N)c2)C1. The molecule has 0 spiro atoms. The molecule has 28 heavy (non-hydrogen) atoms. The molecule has 1 fully saturated rings. The van der Waals surface area contributed by atoms with Crippen molar-refractivity contribution in [3.05, 3.63) is 63.5 Å². The van der Waals surface area contributed by atoms with Crippen molar-refractivity contribution in [3.8, 4) is 6.07 Å². The summed E-state index contributed by atoms with van der Waals surface area (Å²) in [5.41, 5.74) is 6.76. The van der Waals surface area contributed by atoms with E-state index in [0.717, 1.165) is 35.4 Å². The first-order valence-electron chi connectivity index (χ1n) is 10.2. The van der Waals surface area contributed by atoms with Crippen molar-refractivity contribution < 1.29 is 4.79 Å². The van der Waals surface area contributed by atoms with Crippen LogP contribution in [-0.4, -0.2) is 16.0 Å². The normalized spacial score (nSPS) is 25.9. The van der Waals surface area contributed by atoms with E-state index in [1.165, 1.54) is 24.0 Å². The maximum atomic E-state index is 13.5. The van der Waals surface area contributed by atoms with E-state index in [0.29, 0.717) is 17.9 Å². The van der Waals surface area contributed by atoms with Crippen LogP contribution >= 0.6 is 0 Å². The van der Waals surface area contributed by atoms with Crippen molar-refractivity contribution in [2.24, 2.45) is 5.41 Å². The van der Waals surface area contributed by atoms with E-state index >= 15 is 0 Å². The van der Waals surface area contributed by atoms with Crippen molar-refractivity contribution in [1.29, 1.82) is 5.26 Å². The van der Waals surface area contributed by atoms with Gasteiger partial charge in [-0.25, -0.2) is 0 Å². The number of carbonyl (C=O) groups excluding carboxylic acids is 1. The zero-order valence-electron chi connectivity index (χ0n) is 16.7. The molecule has 0 saturated heterocycles. The fraction of sp³-hybridized carbons (Fsp3) is 0.458. The monoisotopic (exact) mass is 371 g/mol. The van der Waals surface area contributed by atoms with Gasteiger partial charge in [-0.2, -0.15) is 10.4 Å². The first-order valence-corrected chi connectivity index (χ1v) is 10.2. The molecule has 142 valence electrons. The predicted molar refractivity (Wildman–Crippen MR) is 107 cm³/mol. The van der Waals surface area contributed by atoms with Gasteiger partial charge in [0.1, 0.15) is 0 Å². The molecular weight excluding hydrogens is 346 g/mol. The van der Waals surface area contributed by atoms with Gasteiger partial charge in [-0.05, 0) is 49.3 Å². The number of hydrogen-bond acceptors (Lipinski definition) is 3. The minimum Gasteiger partial charge on any atom is -0.294 e. The van der Waals surface area contributed by atoms with Crippen LogP contribution in [0.15, 0.2) is 35.4 Å². The Morgan fingerprint density at radius 3 is 2.71 bits per heavy atom. The van der Waals surface area contributed by atoms with Crippen molar-refractivity contribution in [2.45, 2.75) is 64.2 Å². The van der Waals surface area contributed by atoms with Gasteiger partial charge in [0, 0.05) is 41.0 Å². The summed E-state index contributed by atoms with van der Waals surface area (Å²) in [6.07, 6.45) is 4.62. The molecule has 5 rings (SSSR count). The maximum absolute atomic E-state index is 13.5. The Hall–Kier alpha value is -2.67. The number of fused-ring (bicyclic) bond motifs is 1. The Morgan fingerprint density at radius 2 is 2.00 bits per heavy atom. The maximum Gasteiger partial charge on any atom is 0.160 e. The van der Waals surface area contributed by atoms with Crippen LogP contribution in [0.1, 0.15) is 80.5 Å². The van der Waals surface area contributed by atoms with Gasteiger partial charge in [0.15, 0.2) is 5.78 Å². The molecule has 1 saturated carbocycles. The number of carbonyl (C=O) groups is 1. The Morgan fingerprint density at radius 1 is 1.21 bits per heavy atom. The topological polar surface area (TPSA) is 69.5 Å². The minimum atomic E-state index is -0.547. The van der Waals surface area contributed by atoms with Crippen LogP contribution in [0.3, 0.4) is 0 Å². The average Bonchev–Trinajstić information content (AvgIpc) is 3.40. The lowest BCUT2D eigenvalue weighted by Gasteiger charge is -2.44. The molecular formula is C24H25N3O. The van der Waals surface area contributed by atoms with E-state index in [4.69, 9.17) is 5.10 Å². The highest BCUT2D eigenvalue weighted by Crippen LogP contribution is 2.55. The standard InChI is InChI=1S/C24H25N3O/c1-23(2)11-16-10-18-21(22(27-26-18)15-7-8-15)24(3,20(16)19(28)12-23)17-6-4-5-14(9-17)13-25/h4-6,9,15H,7-8,10-12H2,1-3H3,(H,26,27). The highest BCUT2D eigenvalue weighted by Gasteiger charge is 2.50. The molecule has 1 unspecified atom stereocenters. The molecule has 3 aliphatic rings. The Bertz CT molecular complexity index is 1080. The third-order valence-corrected chi connectivity index (χ3v) is 6.76. The quantitative estimate of drug-likeness (QED) is 0.831. The lowest BCUT2D eigenvalue weighted by Crippen LogP contribution is -2.41. The van der Waals surface area contributed by atoms with E-state index in [1.807, 2.05) is 18.2 Å². The summed E-state index contributed by atoms with van der Waals surface area (Å²) >= 11 is 0. The second-order valence-electron chi connectivity index (χ2n) is 9.65. The molecule has 1 atom stereocenters. The molecule has 1 heterocycles. The third-order valence-electron chi connectivity index (χ3n) is 6.76. The number of aromatic amines is 1. The van der Waals surface area contributed by atoms with Crippen LogP contribution in [0, 0.1) is 16.7 Å². The van der Waals surface area contributed by atoms with Crippen molar-refractivity contribution in [2.75, 3.05) is 0 Å². The molecule has 0 aliphatic heterocycles. The number of nitriles is 1. The number of benzene rings is 1. The summed E-state index contributed by atoms with van der Waals surface area (Å²) in [5, 5.41) is 17.5. The van der Waals surface area contributed by atoms with Crippen molar-refractivity contribution in [3.63, 3.8) is 0 Å². The van der Waals surface area contributed by atoms with Gasteiger partial charge in [0.2, 0.25) is 0 Å². The number of Topliss-reactive ketones (excluding diaryl/α,β-unsaturated/α-hetero) is 1. The van der Waals surface area contributed by atoms with Gasteiger partial charge in [-0.3, -0.25) is 9.89 Å². The number of nitrogens with one attached hydrogen (secondary N) is 1. The summed E-state index contributed by atoms with van der Waals surface area (Å²) in [6, 6.07) is 10.0. The molecule has 0 bridgehead atoms. The summed E-state index contributed by atoms with van der Waals surface area (Å²) in [4.78, 5) is 13.5. The number of aromatic nitrogens is 2. The molecule has 0 amide bonds. The predicted octanol–water partition coefficient (Wildman–Crippen LogP) is 4.71. The molecule has 0 radical (unpaired) electrons. The van der Waals surface area contributed by atoms with Crippen molar-refractivity contribution >= 4 is 5.78 Å². The molecule has 1 N–H and O–H groups in total. The summed E-state index contributed by atoms with van der Waals surface area (Å²) in [5.74, 6) is 0.750. The lowest BCUT2D eigenvalue weighted by molar-refractivity contribution is -0.118. The molecule has 4 heteroatoms. The first-order chi connectivity index (χ1) is 13.3. The Labute approximate surface area is 165 Å². The van der Waals surface area contributed by atoms with Gasteiger partial charge in [0.25, 0.3) is 0 Å². The van der Waals surface area contributed by atoms with E-state index < -0.39 is 5.41 Å². The highest BCUT2D eigenvalue weighted by molar-refractivity contribution is 6.01. The number of rotatable bonds is 2. The van der Waals surface area contributed by atoms with Crippen molar-refractivity contribution in [1.82, 2.24) is 10.2 Å². The average molecular weight is 371 g/mol. The van der Waals surface area contributed by atoms with E-state index in [1.54, 1.807) is 0 Å². The number of hydrogen-bond donors (Lipinski definition) is 1. The van der Waals surface area contributed by atoms with Gasteiger partial charge in [-0.1, -0.05) is 31.6 Å². The van der Waals surface area contributed by atoms with Crippen LogP contribution in [0.4, 0.5) is 0 Å². The first kappa shape index (κ1) is 17.4. The van der Waals surface area contributed by atoms with Crippen LogP contribution in [0.25, 0.3) is 0 Å². The minimum absolute atomic E-state index is 0.0117. The number of H-pyrrole nitrogens is 1. The lowest BCUT2D eigenvalue weighted by atomic mass is 9.58. The fourth-order valence-corrected chi connectivity index (χ4v) is 5.49. The van der Waals surface area contributed by atoms with Crippen LogP contribution in [0.5, 0.6) is 0 Å². The van der Waals surface area contributed by atoms with Crippen LogP contribution in [0.2, 0.25) is 0 Å². The molecule has 4 nitrogen and oxygen atoms in total. The van der Waals surface area contributed by atoms with Gasteiger partial charge in [-0.15, -0.1) is 0 Å². The summed E-state index contributed by atoms with van der Waals surface area (Å²) in [6.45, 7) is 6.54. The van der Waals surface area contributed by atoms with E-state index in [-0.39, 0.29) is 11.2 Å². The van der Waals surface area contributed by atoms with E-state index in [9.17, 15) is 10.1 Å². The van der Waals surface area contributed by atoms with Gasteiger partial charge >= 0.3 is 0 Å². The van der Waals surface area contributed by atoms with Crippen LogP contribution in [-0.2, 0) is 16.6 Å². The highest BCUT2D eigenvalue weighted by atomic mass is 16.1. The van der Waals surface area contributed by atoms with Gasteiger partial charge in [0.05, 0.1) is 17.3 Å². The Balaban J connectivity index is 1.80. The van der Waals surface area contributed by atoms with Gasteiger partial charge < -0.3 is 0 Å². The smallest absolute Gasteiger partial charge is 0.160 e. The second kappa shape index (κ2) is 5.67. The summed E-state index contributed by atoms with van der Waals surface area (Å²) < 4.78 is 0. The zero-order valence-corrected chi connectivity index (χ0v) is 16.7. The molecule has 2 aromatic rings. The molecule has 1 aromatic carbocycles. The number of allylic oxidation sites excluding steroid dienone is 2. The number of nitrogens with zero attached hydrogens (tertiary/aromatic N) is 2. The van der Waals surface area contributed by atoms with Crippen LogP contribution < -0.4 is 0 Å².